The van der Waals surface area contributed by atoms with Gasteiger partial charge in [-0.1, -0.05) is 18.5 Å². The zero-order valence-electron chi connectivity index (χ0n) is 22.5. The molecule has 2 heterocycles. The van der Waals surface area contributed by atoms with Crippen LogP contribution in [0.25, 0.3) is 0 Å². The number of likely N-dealkylation sites (N-methyl/N-ethyl adjacent to an activating group) is 1. The predicted molar refractivity (Wildman–Crippen MR) is 145 cm³/mol. The maximum absolute atomic E-state index is 13.3. The number of benzene rings is 1. The fraction of sp³-hybridized carbons (Fsp3) is 0.714. The molecule has 2 N–H and O–H groups in total. The summed E-state index contributed by atoms with van der Waals surface area (Å²) in [7, 11) is 2.24. The van der Waals surface area contributed by atoms with Gasteiger partial charge in [-0.05, 0) is 83.5 Å². The first-order chi connectivity index (χ1) is 17.2. The van der Waals surface area contributed by atoms with E-state index in [9.17, 15) is 9.59 Å². The second kappa shape index (κ2) is 11.7. The second-order valence-corrected chi connectivity index (χ2v) is 11.6. The number of carbonyl (C=O) groups excluding carboxylic acids is 2. The van der Waals surface area contributed by atoms with Gasteiger partial charge in [-0.25, -0.2) is 0 Å². The van der Waals surface area contributed by atoms with Crippen molar-refractivity contribution in [1.29, 1.82) is 0 Å². The summed E-state index contributed by atoms with van der Waals surface area (Å²) in [6, 6.07) is 5.54. The van der Waals surface area contributed by atoms with Crippen LogP contribution >= 0.6 is 11.6 Å². The minimum Gasteiger partial charge on any atom is -0.378 e. The molecule has 3 aliphatic rings. The highest BCUT2D eigenvalue weighted by Crippen LogP contribution is 2.35. The van der Waals surface area contributed by atoms with E-state index >= 15 is 0 Å². The van der Waals surface area contributed by atoms with Gasteiger partial charge in [0.05, 0.1) is 25.2 Å². The maximum Gasteiger partial charge on any atom is 0.251 e. The van der Waals surface area contributed by atoms with Crippen LogP contribution < -0.4 is 15.5 Å². The van der Waals surface area contributed by atoms with E-state index in [4.69, 9.17) is 16.3 Å². The van der Waals surface area contributed by atoms with Crippen LogP contribution in [0.4, 0.5) is 5.69 Å². The summed E-state index contributed by atoms with van der Waals surface area (Å²) in [6.45, 7) is 11.2. The average molecular weight is 519 g/mol. The molecule has 1 aromatic carbocycles. The van der Waals surface area contributed by atoms with Gasteiger partial charge < -0.3 is 20.3 Å². The Kier molecular flexibility index (Phi) is 8.84. The molecule has 7 nitrogen and oxygen atoms in total. The number of rotatable bonds is 8. The van der Waals surface area contributed by atoms with E-state index in [0.29, 0.717) is 35.3 Å². The van der Waals surface area contributed by atoms with E-state index in [1.54, 1.807) is 6.07 Å². The van der Waals surface area contributed by atoms with Crippen LogP contribution in [0.15, 0.2) is 12.1 Å². The van der Waals surface area contributed by atoms with E-state index < -0.39 is 0 Å². The number of hydrogen-bond donors (Lipinski definition) is 2. The molecule has 0 aromatic heterocycles. The van der Waals surface area contributed by atoms with Crippen molar-refractivity contribution in [3.05, 3.63) is 28.3 Å². The van der Waals surface area contributed by atoms with Gasteiger partial charge in [-0.15, -0.1) is 0 Å². The number of amides is 2. The maximum atomic E-state index is 13.3. The lowest BCUT2D eigenvalue weighted by atomic mass is 9.84. The van der Waals surface area contributed by atoms with E-state index in [-0.39, 0.29) is 29.7 Å². The number of anilines is 1. The Labute approximate surface area is 221 Å². The number of piperidine rings is 1. The third-order valence-electron chi connectivity index (χ3n) is 8.74. The first-order valence-corrected chi connectivity index (χ1v) is 14.0. The SMILES string of the molecule is CCN(c1cc(Cl)cc(C(=O)NCC2C(=O)NC(C)CC2C)c1C)C1CCC(N(C)C2COC2)CC1. The van der Waals surface area contributed by atoms with Crippen LogP contribution in [0.2, 0.25) is 5.02 Å². The van der Waals surface area contributed by atoms with Gasteiger partial charge in [0.25, 0.3) is 5.91 Å². The molecule has 8 heteroatoms. The Morgan fingerprint density at radius 1 is 1.14 bits per heavy atom. The van der Waals surface area contributed by atoms with E-state index in [1.807, 2.05) is 19.9 Å². The normalized spacial score (nSPS) is 29.0. The molecule has 1 aliphatic carbocycles. The van der Waals surface area contributed by atoms with Crippen LogP contribution in [0, 0.1) is 18.8 Å². The molecule has 0 radical (unpaired) electrons. The summed E-state index contributed by atoms with van der Waals surface area (Å²) in [5.74, 6) is -0.130. The van der Waals surface area contributed by atoms with Crippen molar-refractivity contribution in [2.75, 3.05) is 38.3 Å². The zero-order valence-corrected chi connectivity index (χ0v) is 23.2. The summed E-state index contributed by atoms with van der Waals surface area (Å²) in [5, 5.41) is 6.60. The quantitative estimate of drug-likeness (QED) is 0.544. The third-order valence-corrected chi connectivity index (χ3v) is 8.96. The van der Waals surface area contributed by atoms with Gasteiger partial charge in [-0.3, -0.25) is 14.5 Å². The average Bonchev–Trinajstić information content (AvgIpc) is 2.80. The van der Waals surface area contributed by atoms with Crippen LogP contribution in [0.3, 0.4) is 0 Å². The fourth-order valence-electron chi connectivity index (χ4n) is 6.34. The Balaban J connectivity index is 1.43. The monoisotopic (exact) mass is 518 g/mol. The molecule has 3 atom stereocenters. The number of ether oxygens (including phenoxy) is 1. The van der Waals surface area contributed by atoms with Gasteiger partial charge >= 0.3 is 0 Å². The van der Waals surface area contributed by atoms with Gasteiger partial charge in [0.2, 0.25) is 5.91 Å². The highest BCUT2D eigenvalue weighted by Gasteiger charge is 2.34. The summed E-state index contributed by atoms with van der Waals surface area (Å²) in [4.78, 5) is 30.7. The van der Waals surface area contributed by atoms with Crippen LogP contribution in [-0.2, 0) is 9.53 Å². The van der Waals surface area contributed by atoms with E-state index in [0.717, 1.165) is 50.3 Å². The van der Waals surface area contributed by atoms with E-state index in [1.165, 1.54) is 12.8 Å². The molecule has 3 unspecified atom stereocenters. The summed E-state index contributed by atoms with van der Waals surface area (Å²) >= 11 is 6.55. The minimum atomic E-state index is -0.212. The highest BCUT2D eigenvalue weighted by atomic mass is 35.5. The van der Waals surface area contributed by atoms with Crippen molar-refractivity contribution in [3.8, 4) is 0 Å². The molecular formula is C28H43ClN4O3. The molecule has 4 rings (SSSR count). The van der Waals surface area contributed by atoms with Crippen molar-refractivity contribution in [2.24, 2.45) is 11.8 Å². The largest absolute Gasteiger partial charge is 0.378 e. The first kappa shape index (κ1) is 27.2. The van der Waals surface area contributed by atoms with Gasteiger partial charge in [0, 0.05) is 47.5 Å². The number of hydrogen-bond acceptors (Lipinski definition) is 5. The third kappa shape index (κ3) is 5.84. The Hall–Kier alpha value is -1.83. The highest BCUT2D eigenvalue weighted by molar-refractivity contribution is 6.31. The standard InChI is InChI=1S/C28H43ClN4O3/c1-6-33(22-9-7-21(8-10-22)32(5)23-15-36-16-23)26-13-20(29)12-24(19(26)4)27(34)30-14-25-17(2)11-18(3)31-28(25)35/h12-13,17-18,21-23,25H,6-11,14-16H2,1-5H3,(H,30,34)(H,31,35). The molecule has 1 saturated carbocycles. The van der Waals surface area contributed by atoms with Crippen molar-refractivity contribution in [2.45, 2.75) is 84.0 Å². The van der Waals surface area contributed by atoms with Crippen LogP contribution in [0.5, 0.6) is 0 Å². The molecule has 0 bridgehead atoms. The molecule has 200 valence electrons. The Morgan fingerprint density at radius 2 is 1.81 bits per heavy atom. The Morgan fingerprint density at radius 3 is 2.39 bits per heavy atom. The van der Waals surface area contributed by atoms with Crippen molar-refractivity contribution >= 4 is 29.1 Å². The molecule has 1 aromatic rings. The lowest BCUT2D eigenvalue weighted by Crippen LogP contribution is -2.53. The number of halogens is 1. The predicted octanol–water partition coefficient (Wildman–Crippen LogP) is 4.01. The fourth-order valence-corrected chi connectivity index (χ4v) is 6.55. The summed E-state index contributed by atoms with van der Waals surface area (Å²) in [6.07, 6.45) is 5.50. The Bertz CT molecular complexity index is 945. The molecule has 36 heavy (non-hydrogen) atoms. The molecule has 3 fully saturated rings. The molecule has 0 spiro atoms. The number of nitrogens with one attached hydrogen (secondary N) is 2. The molecular weight excluding hydrogens is 476 g/mol. The zero-order chi connectivity index (χ0) is 26.0. The second-order valence-electron chi connectivity index (χ2n) is 11.1. The van der Waals surface area contributed by atoms with Gasteiger partial charge in [0.1, 0.15) is 0 Å². The molecule has 2 aliphatic heterocycles. The molecule has 2 saturated heterocycles. The minimum absolute atomic E-state index is 0.0216. The molecule has 2 amide bonds. The number of carbonyl (C=O) groups is 2. The lowest BCUT2D eigenvalue weighted by Gasteiger charge is -2.44. The number of nitrogens with zero attached hydrogens (tertiary/aromatic N) is 2. The topological polar surface area (TPSA) is 73.9 Å². The smallest absolute Gasteiger partial charge is 0.251 e. The van der Waals surface area contributed by atoms with Gasteiger partial charge in [0.15, 0.2) is 0 Å². The van der Waals surface area contributed by atoms with E-state index in [2.05, 4.69) is 41.3 Å². The van der Waals surface area contributed by atoms with Gasteiger partial charge in [-0.2, -0.15) is 0 Å². The van der Waals surface area contributed by atoms with Crippen molar-refractivity contribution in [1.82, 2.24) is 15.5 Å². The van der Waals surface area contributed by atoms with Crippen molar-refractivity contribution in [3.63, 3.8) is 0 Å². The lowest BCUT2D eigenvalue weighted by molar-refractivity contribution is -0.129. The van der Waals surface area contributed by atoms with Crippen LogP contribution in [0.1, 0.15) is 68.8 Å². The first-order valence-electron chi connectivity index (χ1n) is 13.6. The summed E-state index contributed by atoms with van der Waals surface area (Å²) in [5.41, 5.74) is 2.57. The van der Waals surface area contributed by atoms with Crippen LogP contribution in [-0.4, -0.2) is 74.2 Å². The summed E-state index contributed by atoms with van der Waals surface area (Å²) < 4.78 is 5.39. The van der Waals surface area contributed by atoms with Crippen molar-refractivity contribution < 1.29 is 14.3 Å².